The number of hydrogen-bond acceptors (Lipinski definition) is 3. The van der Waals surface area contributed by atoms with Crippen molar-refractivity contribution in [2.45, 2.75) is 18.6 Å². The first-order valence-corrected chi connectivity index (χ1v) is 14.5. The number of fused-ring (bicyclic) bond motifs is 2. The highest BCUT2D eigenvalue weighted by Crippen LogP contribution is 2.54. The maximum atomic E-state index is 13.7. The molecule has 0 saturated carbocycles. The molecule has 6 nitrogen and oxygen atoms in total. The SMILES string of the molecule is O=C(/C=C/c1cc2ccccc2cc1CC(=O)C(c1cccc2ccccc12)P(=O)(O)O)NCc1ccccc1. The average molecular weight is 550 g/mol. The molecule has 3 N–H and O–H groups in total. The average Bonchev–Trinajstić information content (AvgIpc) is 2.95. The highest BCUT2D eigenvalue weighted by Gasteiger charge is 2.38. The molecule has 1 atom stereocenters. The Morgan fingerprint density at radius 2 is 1.40 bits per heavy atom. The van der Waals surface area contributed by atoms with Gasteiger partial charge in [-0.3, -0.25) is 14.2 Å². The van der Waals surface area contributed by atoms with Crippen molar-refractivity contribution in [2.24, 2.45) is 0 Å². The summed E-state index contributed by atoms with van der Waals surface area (Å²) in [4.78, 5) is 46.9. The van der Waals surface area contributed by atoms with Gasteiger partial charge in [0.25, 0.3) is 0 Å². The molecular formula is C33H28NO5P. The van der Waals surface area contributed by atoms with Gasteiger partial charge in [0.2, 0.25) is 5.91 Å². The fraction of sp³-hybridized carbons (Fsp3) is 0.0909. The minimum Gasteiger partial charge on any atom is -0.348 e. The summed E-state index contributed by atoms with van der Waals surface area (Å²) in [5.74, 6) is -0.888. The van der Waals surface area contributed by atoms with Crippen molar-refractivity contribution in [3.63, 3.8) is 0 Å². The molecule has 1 amide bonds. The Hall–Kier alpha value is -4.35. The van der Waals surface area contributed by atoms with Gasteiger partial charge < -0.3 is 15.1 Å². The van der Waals surface area contributed by atoms with E-state index in [9.17, 15) is 23.9 Å². The molecule has 5 aromatic carbocycles. The summed E-state index contributed by atoms with van der Waals surface area (Å²) in [6.45, 7) is 0.377. The summed E-state index contributed by atoms with van der Waals surface area (Å²) < 4.78 is 12.7. The Morgan fingerprint density at radius 3 is 2.12 bits per heavy atom. The van der Waals surface area contributed by atoms with Crippen LogP contribution in [0.1, 0.15) is 27.9 Å². The summed E-state index contributed by atoms with van der Waals surface area (Å²) in [7, 11) is -4.86. The summed E-state index contributed by atoms with van der Waals surface area (Å²) in [5, 5.41) is 6.07. The molecule has 0 saturated heterocycles. The summed E-state index contributed by atoms with van der Waals surface area (Å²) in [5.41, 5.74) is 0.864. The molecule has 0 aliphatic heterocycles. The summed E-state index contributed by atoms with van der Waals surface area (Å²) in [6, 6.07) is 33.3. The number of ketones is 1. The molecule has 0 aromatic heterocycles. The first-order valence-electron chi connectivity index (χ1n) is 12.9. The van der Waals surface area contributed by atoms with E-state index < -0.39 is 19.0 Å². The van der Waals surface area contributed by atoms with Crippen LogP contribution in [0.3, 0.4) is 0 Å². The molecule has 0 aliphatic rings. The van der Waals surface area contributed by atoms with Crippen molar-refractivity contribution >= 4 is 46.9 Å². The van der Waals surface area contributed by atoms with Gasteiger partial charge in [0.05, 0.1) is 0 Å². The standard InChI is InChI=1S/C33H28NO5P/c35-31(33(40(37,38)39)30-16-8-14-24-11-6-7-15-29(24)30)21-28-20-26-13-5-4-12-25(26)19-27(28)17-18-32(36)34-22-23-9-2-1-3-10-23/h1-20,33H,21-22H2,(H,34,36)(H2,37,38,39)/b18-17+. The van der Waals surface area contributed by atoms with E-state index in [0.29, 0.717) is 28.6 Å². The van der Waals surface area contributed by atoms with Gasteiger partial charge >= 0.3 is 7.60 Å². The zero-order valence-corrected chi connectivity index (χ0v) is 22.5. The van der Waals surface area contributed by atoms with Crippen LogP contribution in [-0.4, -0.2) is 21.5 Å². The van der Waals surface area contributed by atoms with Crippen LogP contribution in [0.15, 0.2) is 115 Å². The van der Waals surface area contributed by atoms with Gasteiger partial charge in [0.15, 0.2) is 5.78 Å². The smallest absolute Gasteiger partial charge is 0.340 e. The second kappa shape index (κ2) is 11.8. The quantitative estimate of drug-likeness (QED) is 0.147. The van der Waals surface area contributed by atoms with Crippen molar-refractivity contribution < 1.29 is 23.9 Å². The van der Waals surface area contributed by atoms with E-state index in [1.807, 2.05) is 84.9 Å². The lowest BCUT2D eigenvalue weighted by molar-refractivity contribution is -0.118. The predicted molar refractivity (Wildman–Crippen MR) is 159 cm³/mol. The molecule has 0 radical (unpaired) electrons. The Kier molecular flexibility index (Phi) is 8.04. The minimum atomic E-state index is -4.86. The fourth-order valence-corrected chi connectivity index (χ4v) is 5.99. The molecule has 1 unspecified atom stereocenters. The van der Waals surface area contributed by atoms with Crippen LogP contribution in [-0.2, 0) is 27.1 Å². The van der Waals surface area contributed by atoms with E-state index in [1.165, 1.54) is 6.08 Å². The number of Topliss-reactive ketones (excluding diaryl/α,β-unsaturated/α-hetero) is 1. The second-order valence-electron chi connectivity index (χ2n) is 9.64. The summed E-state index contributed by atoms with van der Waals surface area (Å²) >= 11 is 0. The van der Waals surface area contributed by atoms with E-state index >= 15 is 0 Å². The van der Waals surface area contributed by atoms with Crippen LogP contribution in [0.2, 0.25) is 0 Å². The van der Waals surface area contributed by atoms with Crippen LogP contribution in [0, 0.1) is 0 Å². The monoisotopic (exact) mass is 549 g/mol. The number of amides is 1. The van der Waals surface area contributed by atoms with Crippen LogP contribution in [0.25, 0.3) is 27.6 Å². The molecule has 0 bridgehead atoms. The summed E-state index contributed by atoms with van der Waals surface area (Å²) in [6.07, 6.45) is 2.83. The van der Waals surface area contributed by atoms with E-state index in [4.69, 9.17) is 0 Å². The first-order chi connectivity index (χ1) is 19.3. The zero-order valence-electron chi connectivity index (χ0n) is 21.6. The third-order valence-electron chi connectivity index (χ3n) is 6.86. The molecule has 200 valence electrons. The number of rotatable bonds is 9. The normalized spacial score (nSPS) is 12.6. The van der Waals surface area contributed by atoms with Crippen LogP contribution in [0.5, 0.6) is 0 Å². The Morgan fingerprint density at radius 1 is 0.775 bits per heavy atom. The van der Waals surface area contributed by atoms with E-state index in [2.05, 4.69) is 5.32 Å². The lowest BCUT2D eigenvalue weighted by Gasteiger charge is -2.20. The predicted octanol–water partition coefficient (Wildman–Crippen LogP) is 6.35. The topological polar surface area (TPSA) is 104 Å². The van der Waals surface area contributed by atoms with Crippen molar-refractivity contribution in [1.82, 2.24) is 5.32 Å². The molecule has 5 rings (SSSR count). The molecular weight excluding hydrogens is 521 g/mol. The Labute approximate surface area is 232 Å². The molecule has 0 spiro atoms. The van der Waals surface area contributed by atoms with Crippen LogP contribution >= 0.6 is 7.60 Å². The largest absolute Gasteiger partial charge is 0.348 e. The van der Waals surface area contributed by atoms with E-state index in [-0.39, 0.29) is 12.3 Å². The highest BCUT2D eigenvalue weighted by molar-refractivity contribution is 7.53. The minimum absolute atomic E-state index is 0.213. The molecule has 0 heterocycles. The third kappa shape index (κ3) is 6.27. The molecule has 40 heavy (non-hydrogen) atoms. The maximum absolute atomic E-state index is 13.7. The third-order valence-corrected chi connectivity index (χ3v) is 8.09. The Balaban J connectivity index is 1.47. The lowest BCUT2D eigenvalue weighted by Crippen LogP contribution is -2.20. The van der Waals surface area contributed by atoms with Crippen LogP contribution in [0.4, 0.5) is 0 Å². The van der Waals surface area contributed by atoms with Gasteiger partial charge in [-0.05, 0) is 55.9 Å². The van der Waals surface area contributed by atoms with Crippen molar-refractivity contribution in [1.29, 1.82) is 0 Å². The van der Waals surface area contributed by atoms with Gasteiger partial charge in [-0.1, -0.05) is 103 Å². The zero-order chi connectivity index (χ0) is 28.1. The molecule has 0 aliphatic carbocycles. The first kappa shape index (κ1) is 27.2. The van der Waals surface area contributed by atoms with E-state index in [1.54, 1.807) is 30.3 Å². The maximum Gasteiger partial charge on any atom is 0.340 e. The Bertz CT molecular complexity index is 1770. The second-order valence-corrected chi connectivity index (χ2v) is 11.3. The van der Waals surface area contributed by atoms with Gasteiger partial charge in [0, 0.05) is 19.0 Å². The number of benzene rings is 5. The molecule has 0 fully saturated rings. The number of hydrogen-bond donors (Lipinski definition) is 3. The van der Waals surface area contributed by atoms with Gasteiger partial charge in [-0.15, -0.1) is 0 Å². The lowest BCUT2D eigenvalue weighted by atomic mass is 9.93. The van der Waals surface area contributed by atoms with Gasteiger partial charge in [-0.2, -0.15) is 0 Å². The van der Waals surface area contributed by atoms with Gasteiger partial charge in [0.1, 0.15) is 5.66 Å². The highest BCUT2D eigenvalue weighted by atomic mass is 31.2. The van der Waals surface area contributed by atoms with Gasteiger partial charge in [-0.25, -0.2) is 0 Å². The molecule has 5 aromatic rings. The number of nitrogens with one attached hydrogen (secondary N) is 1. The number of carbonyl (C=O) groups excluding carboxylic acids is 2. The van der Waals surface area contributed by atoms with Crippen LogP contribution < -0.4 is 5.32 Å². The van der Waals surface area contributed by atoms with Crippen molar-refractivity contribution in [3.05, 3.63) is 138 Å². The number of carbonyl (C=O) groups is 2. The molecule has 7 heteroatoms. The van der Waals surface area contributed by atoms with Crippen molar-refractivity contribution in [3.8, 4) is 0 Å². The fourth-order valence-electron chi connectivity index (χ4n) is 4.94. The van der Waals surface area contributed by atoms with Crippen molar-refractivity contribution in [2.75, 3.05) is 0 Å². The van der Waals surface area contributed by atoms with E-state index in [0.717, 1.165) is 21.7 Å².